The van der Waals surface area contributed by atoms with Gasteiger partial charge in [0.1, 0.15) is 0 Å². The first-order valence-electron chi connectivity index (χ1n) is 4.80. The average Bonchev–Trinajstić information content (AvgIpc) is 2.30. The van der Waals surface area contributed by atoms with Crippen molar-refractivity contribution in [3.05, 3.63) is 27.8 Å². The Morgan fingerprint density at radius 2 is 2.28 bits per heavy atom. The smallest absolute Gasteiger partial charge is 0.274 e. The van der Waals surface area contributed by atoms with Gasteiger partial charge in [-0.05, 0) is 0 Å². The molecular formula is C10H11N3O5. The van der Waals surface area contributed by atoms with Gasteiger partial charge in [0.05, 0.1) is 24.3 Å². The lowest BCUT2D eigenvalue weighted by Crippen LogP contribution is -2.12. The SMILES string of the molecule is COc1cc([N+](=O)[O-])cc(/C=N/NC(C)=O)c1O. The second kappa shape index (κ2) is 5.62. The number of phenolic OH excluding ortho intramolecular Hbond substituents is 1. The second-order valence-electron chi connectivity index (χ2n) is 3.27. The molecule has 8 heteroatoms. The molecule has 1 amide bonds. The molecule has 0 bridgehead atoms. The van der Waals surface area contributed by atoms with Crippen LogP contribution in [0.2, 0.25) is 0 Å². The van der Waals surface area contributed by atoms with Crippen molar-refractivity contribution in [2.75, 3.05) is 7.11 Å². The van der Waals surface area contributed by atoms with Crippen LogP contribution in [0.5, 0.6) is 11.5 Å². The van der Waals surface area contributed by atoms with Crippen molar-refractivity contribution in [2.24, 2.45) is 5.10 Å². The van der Waals surface area contributed by atoms with Crippen LogP contribution in [0.4, 0.5) is 5.69 Å². The topological polar surface area (TPSA) is 114 Å². The summed E-state index contributed by atoms with van der Waals surface area (Å²) in [5.41, 5.74) is 1.93. The van der Waals surface area contributed by atoms with Crippen molar-refractivity contribution < 1.29 is 19.6 Å². The van der Waals surface area contributed by atoms with E-state index in [1.807, 2.05) is 0 Å². The average molecular weight is 253 g/mol. The highest BCUT2D eigenvalue weighted by Gasteiger charge is 2.15. The van der Waals surface area contributed by atoms with Crippen LogP contribution in [0.3, 0.4) is 0 Å². The number of hydrogen-bond acceptors (Lipinski definition) is 6. The largest absolute Gasteiger partial charge is 0.504 e. The summed E-state index contributed by atoms with van der Waals surface area (Å²) in [6.45, 7) is 1.26. The molecule has 96 valence electrons. The molecule has 8 nitrogen and oxygen atoms in total. The maximum atomic E-state index is 10.7. The summed E-state index contributed by atoms with van der Waals surface area (Å²) in [6, 6.07) is 2.20. The first kappa shape index (κ1) is 13.4. The summed E-state index contributed by atoms with van der Waals surface area (Å²) in [6.07, 6.45) is 1.09. The maximum Gasteiger partial charge on any atom is 0.274 e. The Morgan fingerprint density at radius 1 is 1.61 bits per heavy atom. The Morgan fingerprint density at radius 3 is 2.78 bits per heavy atom. The van der Waals surface area contributed by atoms with Crippen LogP contribution in [-0.4, -0.2) is 29.3 Å². The van der Waals surface area contributed by atoms with Crippen LogP contribution >= 0.6 is 0 Å². The number of non-ortho nitro benzene ring substituents is 1. The molecule has 0 spiro atoms. The van der Waals surface area contributed by atoms with Crippen LogP contribution in [0.15, 0.2) is 17.2 Å². The molecule has 0 fully saturated rings. The molecule has 0 saturated carbocycles. The van der Waals surface area contributed by atoms with E-state index in [0.717, 1.165) is 18.3 Å². The summed E-state index contributed by atoms with van der Waals surface area (Å²) >= 11 is 0. The highest BCUT2D eigenvalue weighted by atomic mass is 16.6. The summed E-state index contributed by atoms with van der Waals surface area (Å²) < 4.78 is 4.80. The van der Waals surface area contributed by atoms with Crippen LogP contribution < -0.4 is 10.2 Å². The fourth-order valence-corrected chi connectivity index (χ4v) is 1.17. The minimum Gasteiger partial charge on any atom is -0.504 e. The highest BCUT2D eigenvalue weighted by Crippen LogP contribution is 2.33. The van der Waals surface area contributed by atoms with Crippen molar-refractivity contribution in [1.29, 1.82) is 0 Å². The Kier molecular flexibility index (Phi) is 4.19. The normalized spacial score (nSPS) is 10.3. The predicted molar refractivity (Wildman–Crippen MR) is 62.7 cm³/mol. The molecule has 1 aromatic rings. The van der Waals surface area contributed by atoms with Gasteiger partial charge in [0, 0.05) is 18.6 Å². The van der Waals surface area contributed by atoms with E-state index < -0.39 is 10.8 Å². The number of nitro benzene ring substituents is 1. The van der Waals surface area contributed by atoms with Crippen LogP contribution in [0, 0.1) is 10.1 Å². The molecule has 18 heavy (non-hydrogen) atoms. The first-order valence-corrected chi connectivity index (χ1v) is 4.80. The monoisotopic (exact) mass is 253 g/mol. The van der Waals surface area contributed by atoms with Gasteiger partial charge >= 0.3 is 0 Å². The van der Waals surface area contributed by atoms with E-state index >= 15 is 0 Å². The number of ether oxygens (including phenoxy) is 1. The number of carbonyl (C=O) groups is 1. The van der Waals surface area contributed by atoms with Gasteiger partial charge in [0.15, 0.2) is 11.5 Å². The van der Waals surface area contributed by atoms with E-state index in [2.05, 4.69) is 10.5 Å². The van der Waals surface area contributed by atoms with Gasteiger partial charge in [-0.3, -0.25) is 14.9 Å². The number of phenols is 1. The first-order chi connectivity index (χ1) is 8.45. The number of amides is 1. The fourth-order valence-electron chi connectivity index (χ4n) is 1.17. The summed E-state index contributed by atoms with van der Waals surface area (Å²) in [5, 5.41) is 23.9. The lowest BCUT2D eigenvalue weighted by Gasteiger charge is -2.05. The quantitative estimate of drug-likeness (QED) is 0.467. The number of rotatable bonds is 4. The predicted octanol–water partition coefficient (Wildman–Crippen LogP) is 0.779. The van der Waals surface area contributed by atoms with Crippen LogP contribution in [0.1, 0.15) is 12.5 Å². The van der Waals surface area contributed by atoms with E-state index in [0.29, 0.717) is 0 Å². The second-order valence-corrected chi connectivity index (χ2v) is 3.27. The van der Waals surface area contributed by atoms with Crippen molar-refractivity contribution in [3.63, 3.8) is 0 Å². The maximum absolute atomic E-state index is 10.7. The number of carbonyl (C=O) groups excluding carboxylic acids is 1. The number of benzene rings is 1. The van der Waals surface area contributed by atoms with Crippen LogP contribution in [0.25, 0.3) is 0 Å². The molecule has 2 N–H and O–H groups in total. The van der Waals surface area contributed by atoms with E-state index in [1.165, 1.54) is 14.0 Å². The molecule has 0 aliphatic rings. The summed E-state index contributed by atoms with van der Waals surface area (Å²) in [7, 11) is 1.27. The molecule has 0 radical (unpaired) electrons. The standard InChI is InChI=1S/C10H11N3O5/c1-6(14)12-11-5-7-3-8(13(16)17)4-9(18-2)10(7)15/h3-5,15H,1-2H3,(H,12,14)/b11-5+. The molecule has 0 unspecified atom stereocenters. The third-order valence-corrected chi connectivity index (χ3v) is 1.95. The van der Waals surface area contributed by atoms with Gasteiger partial charge in [-0.2, -0.15) is 5.10 Å². The van der Waals surface area contributed by atoms with E-state index in [4.69, 9.17) is 4.74 Å². The van der Waals surface area contributed by atoms with Gasteiger partial charge in [0.25, 0.3) is 5.69 Å². The fraction of sp³-hybridized carbons (Fsp3) is 0.200. The molecule has 0 aromatic heterocycles. The van der Waals surface area contributed by atoms with E-state index in [9.17, 15) is 20.0 Å². The molecule has 0 saturated heterocycles. The lowest BCUT2D eigenvalue weighted by molar-refractivity contribution is -0.385. The number of hydrazone groups is 1. The zero-order chi connectivity index (χ0) is 13.7. The van der Waals surface area contributed by atoms with Gasteiger partial charge in [0.2, 0.25) is 5.91 Å². The zero-order valence-corrected chi connectivity index (χ0v) is 9.71. The molecule has 0 atom stereocenters. The van der Waals surface area contributed by atoms with E-state index in [1.54, 1.807) is 0 Å². The van der Waals surface area contributed by atoms with Crippen molar-refractivity contribution in [3.8, 4) is 11.5 Å². The van der Waals surface area contributed by atoms with E-state index in [-0.39, 0.29) is 22.7 Å². The van der Waals surface area contributed by atoms with Crippen molar-refractivity contribution in [2.45, 2.75) is 6.92 Å². The Balaban J connectivity index is 3.16. The number of hydrogen-bond donors (Lipinski definition) is 2. The summed E-state index contributed by atoms with van der Waals surface area (Å²) in [5.74, 6) is -0.742. The van der Waals surface area contributed by atoms with Gasteiger partial charge < -0.3 is 9.84 Å². The number of aromatic hydroxyl groups is 1. The Labute approximate surface area is 102 Å². The highest BCUT2D eigenvalue weighted by molar-refractivity contribution is 5.87. The Bertz CT molecular complexity index is 512. The molecule has 1 rings (SSSR count). The lowest BCUT2D eigenvalue weighted by atomic mass is 10.2. The molecule has 0 heterocycles. The molecule has 0 aliphatic heterocycles. The minimum atomic E-state index is -0.627. The number of nitro groups is 1. The number of nitrogens with zero attached hydrogens (tertiary/aromatic N) is 2. The third-order valence-electron chi connectivity index (χ3n) is 1.95. The molecule has 0 aliphatic carbocycles. The van der Waals surface area contributed by atoms with Gasteiger partial charge in [-0.15, -0.1) is 0 Å². The van der Waals surface area contributed by atoms with Crippen molar-refractivity contribution in [1.82, 2.24) is 5.43 Å². The third kappa shape index (κ3) is 3.17. The minimum absolute atomic E-state index is 0.0477. The molecular weight excluding hydrogens is 242 g/mol. The molecule has 1 aromatic carbocycles. The Hall–Kier alpha value is -2.64. The number of methoxy groups -OCH3 is 1. The van der Waals surface area contributed by atoms with Crippen LogP contribution in [-0.2, 0) is 4.79 Å². The van der Waals surface area contributed by atoms with Gasteiger partial charge in [-0.1, -0.05) is 0 Å². The van der Waals surface area contributed by atoms with Gasteiger partial charge in [-0.25, -0.2) is 5.43 Å². The zero-order valence-electron chi connectivity index (χ0n) is 9.71. The van der Waals surface area contributed by atoms with Crippen molar-refractivity contribution >= 4 is 17.8 Å². The number of nitrogens with one attached hydrogen (secondary N) is 1. The summed E-state index contributed by atoms with van der Waals surface area (Å²) in [4.78, 5) is 20.6.